The van der Waals surface area contributed by atoms with Crippen molar-refractivity contribution in [1.29, 1.82) is 0 Å². The third-order valence-electron chi connectivity index (χ3n) is 3.20. The average molecular weight is 299 g/mol. The summed E-state index contributed by atoms with van der Waals surface area (Å²) in [5.74, 6) is 1.84. The Bertz CT molecular complexity index is 577. The quantitative estimate of drug-likeness (QED) is 0.530. The first-order chi connectivity index (χ1) is 10.7. The molecule has 0 N–H and O–H groups in total. The molecule has 116 valence electrons. The first-order valence-corrected chi connectivity index (χ1v) is 7.41. The summed E-state index contributed by atoms with van der Waals surface area (Å²) in [7, 11) is 0. The Hall–Kier alpha value is -2.49. The third kappa shape index (κ3) is 5.13. The number of hydrogen-bond acceptors (Lipinski definition) is 4. The lowest BCUT2D eigenvalue weighted by atomic mass is 10.3. The van der Waals surface area contributed by atoms with Gasteiger partial charge in [0.15, 0.2) is 11.5 Å². The Balaban J connectivity index is 0.000000205. The summed E-state index contributed by atoms with van der Waals surface area (Å²) in [5.41, 5.74) is 1.16. The summed E-state index contributed by atoms with van der Waals surface area (Å²) in [4.78, 5) is 12.8. The molecule has 0 aromatic heterocycles. The smallest absolute Gasteiger partial charge is 0.302 e. The molecule has 1 heterocycles. The van der Waals surface area contributed by atoms with Crippen LogP contribution in [0.15, 0.2) is 54.6 Å². The summed E-state index contributed by atoms with van der Waals surface area (Å²) in [6, 6.07) is 17.9. The standard InChI is InChI=1S/C12H17NO2.C6H4O/c1-3-13(9-10-15-11(2)14)12-7-5-4-6-8-12;1-2-4-6-5(3-1)7-6/h4-8H,3,9-10H2,1-2H3;1-4H. The molecule has 0 saturated heterocycles. The van der Waals surface area contributed by atoms with E-state index in [-0.39, 0.29) is 5.97 Å². The average Bonchev–Trinajstić information content (AvgIpc) is 3.32. The molecule has 4 heteroatoms. The molecule has 22 heavy (non-hydrogen) atoms. The highest BCUT2D eigenvalue weighted by Crippen LogP contribution is 2.43. The highest BCUT2D eigenvalue weighted by Gasteiger charge is 2.15. The maximum Gasteiger partial charge on any atom is 0.302 e. The van der Waals surface area contributed by atoms with E-state index in [0.717, 1.165) is 30.3 Å². The number of likely N-dealkylation sites (N-methyl/N-ethyl adjacent to an activating group) is 1. The number of ether oxygens (including phenoxy) is 2. The second-order valence-corrected chi connectivity index (χ2v) is 4.80. The zero-order chi connectivity index (χ0) is 15.8. The predicted octanol–water partition coefficient (Wildman–Crippen LogP) is 3.87. The summed E-state index contributed by atoms with van der Waals surface area (Å²) in [6.45, 7) is 5.60. The summed E-state index contributed by atoms with van der Waals surface area (Å²) in [6.07, 6.45) is 0. The van der Waals surface area contributed by atoms with Crippen molar-refractivity contribution in [1.82, 2.24) is 0 Å². The number of benzene rings is 2. The Kier molecular flexibility index (Phi) is 5.83. The molecule has 1 aliphatic rings. The molecule has 0 amide bonds. The second-order valence-electron chi connectivity index (χ2n) is 4.80. The second kappa shape index (κ2) is 8.08. The fraction of sp³-hybridized carbons (Fsp3) is 0.278. The molecule has 0 unspecified atom stereocenters. The lowest BCUT2D eigenvalue weighted by Gasteiger charge is -2.22. The summed E-state index contributed by atoms with van der Waals surface area (Å²) >= 11 is 0. The van der Waals surface area contributed by atoms with Crippen LogP contribution in [0.1, 0.15) is 13.8 Å². The number of fused-ring (bicyclic) bond motifs is 1. The minimum atomic E-state index is -0.223. The zero-order valence-electron chi connectivity index (χ0n) is 13.0. The number of rotatable bonds is 5. The van der Waals surface area contributed by atoms with Gasteiger partial charge in [-0.2, -0.15) is 0 Å². The normalized spacial score (nSPS) is 10.5. The van der Waals surface area contributed by atoms with Crippen LogP contribution in [0.5, 0.6) is 11.5 Å². The van der Waals surface area contributed by atoms with Gasteiger partial charge in [0.05, 0.1) is 6.54 Å². The monoisotopic (exact) mass is 299 g/mol. The van der Waals surface area contributed by atoms with E-state index in [1.807, 2.05) is 42.5 Å². The van der Waals surface area contributed by atoms with E-state index in [1.54, 1.807) is 0 Å². The first kappa shape index (κ1) is 15.9. The molecule has 4 nitrogen and oxygen atoms in total. The van der Waals surface area contributed by atoms with Crippen molar-refractivity contribution in [2.75, 3.05) is 24.6 Å². The van der Waals surface area contributed by atoms with Crippen molar-refractivity contribution >= 4 is 11.7 Å². The molecule has 2 aromatic carbocycles. The minimum Gasteiger partial charge on any atom is -0.464 e. The van der Waals surface area contributed by atoms with Gasteiger partial charge in [-0.05, 0) is 31.2 Å². The molecule has 0 atom stereocenters. The number of esters is 1. The zero-order valence-corrected chi connectivity index (χ0v) is 13.0. The molecule has 0 spiro atoms. The Morgan fingerprint density at radius 2 is 1.64 bits per heavy atom. The van der Waals surface area contributed by atoms with E-state index >= 15 is 0 Å². The van der Waals surface area contributed by atoms with Gasteiger partial charge in [-0.25, -0.2) is 0 Å². The molecular formula is C18H21NO3. The maximum atomic E-state index is 10.6. The van der Waals surface area contributed by atoms with Gasteiger partial charge in [0.25, 0.3) is 0 Å². The molecular weight excluding hydrogens is 278 g/mol. The van der Waals surface area contributed by atoms with Crippen LogP contribution < -0.4 is 9.64 Å². The van der Waals surface area contributed by atoms with Crippen molar-refractivity contribution in [2.24, 2.45) is 0 Å². The number of carbonyl (C=O) groups is 1. The van der Waals surface area contributed by atoms with Crippen LogP contribution >= 0.6 is 0 Å². The van der Waals surface area contributed by atoms with Crippen LogP contribution in [0.2, 0.25) is 0 Å². The van der Waals surface area contributed by atoms with Crippen LogP contribution in [-0.4, -0.2) is 25.7 Å². The van der Waals surface area contributed by atoms with Crippen molar-refractivity contribution in [3.05, 3.63) is 54.6 Å². The van der Waals surface area contributed by atoms with Crippen molar-refractivity contribution < 1.29 is 14.3 Å². The fourth-order valence-electron chi connectivity index (χ4n) is 2.02. The Labute approximate surface area is 131 Å². The van der Waals surface area contributed by atoms with Gasteiger partial charge in [-0.1, -0.05) is 30.3 Å². The molecule has 3 rings (SSSR count). The van der Waals surface area contributed by atoms with E-state index in [4.69, 9.17) is 9.47 Å². The SMILES string of the molecule is CCN(CCOC(C)=O)c1ccccc1.c1ccc2c(c1)O2. The molecule has 2 aromatic rings. The predicted molar refractivity (Wildman–Crippen MR) is 87.5 cm³/mol. The third-order valence-corrected chi connectivity index (χ3v) is 3.20. The molecule has 0 bridgehead atoms. The summed E-state index contributed by atoms with van der Waals surface area (Å²) < 4.78 is 9.85. The highest BCUT2D eigenvalue weighted by molar-refractivity contribution is 5.65. The topological polar surface area (TPSA) is 42.1 Å². The van der Waals surface area contributed by atoms with Crippen LogP contribution in [-0.2, 0) is 9.53 Å². The van der Waals surface area contributed by atoms with Crippen LogP contribution in [0.25, 0.3) is 0 Å². The lowest BCUT2D eigenvalue weighted by molar-refractivity contribution is -0.140. The van der Waals surface area contributed by atoms with Gasteiger partial charge in [0, 0.05) is 19.2 Å². The molecule has 0 aliphatic carbocycles. The van der Waals surface area contributed by atoms with Gasteiger partial charge in [-0.15, -0.1) is 0 Å². The van der Waals surface area contributed by atoms with Gasteiger partial charge in [0.2, 0.25) is 0 Å². The van der Waals surface area contributed by atoms with E-state index in [0.29, 0.717) is 6.61 Å². The van der Waals surface area contributed by atoms with E-state index in [2.05, 4.69) is 24.0 Å². The number of nitrogens with zero attached hydrogens (tertiary/aromatic N) is 1. The number of para-hydroxylation sites is 3. The van der Waals surface area contributed by atoms with Gasteiger partial charge in [-0.3, -0.25) is 4.79 Å². The first-order valence-electron chi connectivity index (χ1n) is 7.41. The van der Waals surface area contributed by atoms with Crippen LogP contribution in [0, 0.1) is 0 Å². The molecule has 0 fully saturated rings. The number of hydrogen-bond donors (Lipinski definition) is 0. The van der Waals surface area contributed by atoms with Gasteiger partial charge >= 0.3 is 5.97 Å². The maximum absolute atomic E-state index is 10.6. The Morgan fingerprint density at radius 1 is 1.05 bits per heavy atom. The van der Waals surface area contributed by atoms with Crippen LogP contribution in [0.3, 0.4) is 0 Å². The van der Waals surface area contributed by atoms with Gasteiger partial charge < -0.3 is 14.4 Å². The van der Waals surface area contributed by atoms with Crippen LogP contribution in [0.4, 0.5) is 5.69 Å². The molecule has 0 saturated carbocycles. The number of anilines is 1. The fourth-order valence-corrected chi connectivity index (χ4v) is 2.02. The van der Waals surface area contributed by atoms with Crippen molar-refractivity contribution in [3.63, 3.8) is 0 Å². The van der Waals surface area contributed by atoms with E-state index in [9.17, 15) is 4.79 Å². The molecule has 1 aliphatic heterocycles. The summed E-state index contributed by atoms with van der Waals surface area (Å²) in [5, 5.41) is 0. The largest absolute Gasteiger partial charge is 0.464 e. The van der Waals surface area contributed by atoms with Crippen molar-refractivity contribution in [3.8, 4) is 11.5 Å². The van der Waals surface area contributed by atoms with E-state index < -0.39 is 0 Å². The lowest BCUT2D eigenvalue weighted by Crippen LogP contribution is -2.27. The Morgan fingerprint density at radius 3 is 2.14 bits per heavy atom. The highest BCUT2D eigenvalue weighted by atomic mass is 16.6. The molecule has 0 radical (unpaired) electrons. The minimum absolute atomic E-state index is 0.223. The van der Waals surface area contributed by atoms with Gasteiger partial charge in [0.1, 0.15) is 6.61 Å². The van der Waals surface area contributed by atoms with Crippen molar-refractivity contribution in [2.45, 2.75) is 13.8 Å². The number of carbonyl (C=O) groups excluding carboxylic acids is 1. The van der Waals surface area contributed by atoms with E-state index in [1.165, 1.54) is 6.92 Å².